The van der Waals surface area contributed by atoms with Gasteiger partial charge in [-0.15, -0.1) is 0 Å². The van der Waals surface area contributed by atoms with E-state index in [4.69, 9.17) is 11.6 Å². The van der Waals surface area contributed by atoms with Crippen LogP contribution in [0, 0.1) is 12.7 Å². The standard InChI is InChI=1S/C18H19ClFN5O3S/c1-10-12(7-8-13-15(10)18(26)25(4)9-21-13)22-17-11(20)5-6-14(16(17)19)23-29(27,28)24(2)3/h5-9,22-23H,1-4H3. The number of halogens is 2. The Morgan fingerprint density at radius 1 is 1.17 bits per heavy atom. The van der Waals surface area contributed by atoms with Gasteiger partial charge in [0.2, 0.25) is 0 Å². The topological polar surface area (TPSA) is 96.3 Å². The lowest BCUT2D eigenvalue weighted by molar-refractivity contribution is 0.527. The van der Waals surface area contributed by atoms with Crippen LogP contribution < -0.4 is 15.6 Å². The molecule has 0 amide bonds. The number of aryl methyl sites for hydroxylation is 2. The SMILES string of the molecule is Cc1c(Nc2c(F)ccc(NS(=O)(=O)N(C)C)c2Cl)ccc2ncn(C)c(=O)c12. The van der Waals surface area contributed by atoms with E-state index < -0.39 is 16.0 Å². The molecular weight excluding hydrogens is 421 g/mol. The quantitative estimate of drug-likeness (QED) is 0.637. The number of rotatable bonds is 5. The van der Waals surface area contributed by atoms with Crippen LogP contribution in [0.1, 0.15) is 5.56 Å². The molecule has 29 heavy (non-hydrogen) atoms. The Kier molecular flexibility index (Phi) is 5.52. The number of benzene rings is 2. The third kappa shape index (κ3) is 3.91. The van der Waals surface area contributed by atoms with Crippen LogP contribution in [0.5, 0.6) is 0 Å². The van der Waals surface area contributed by atoms with E-state index in [0.717, 1.165) is 10.4 Å². The predicted molar refractivity (Wildman–Crippen MR) is 113 cm³/mol. The van der Waals surface area contributed by atoms with Gasteiger partial charge in [-0.2, -0.15) is 12.7 Å². The molecule has 154 valence electrons. The number of nitrogens with one attached hydrogen (secondary N) is 2. The Hall–Kier alpha value is -2.69. The average Bonchev–Trinajstić information content (AvgIpc) is 2.65. The molecule has 2 aromatic carbocycles. The maximum Gasteiger partial charge on any atom is 0.301 e. The zero-order valence-electron chi connectivity index (χ0n) is 16.1. The van der Waals surface area contributed by atoms with Crippen LogP contribution in [0.4, 0.5) is 21.5 Å². The summed E-state index contributed by atoms with van der Waals surface area (Å²) < 4.78 is 43.2. The molecule has 0 radical (unpaired) electrons. The molecule has 0 fully saturated rings. The molecule has 0 unspecified atom stereocenters. The van der Waals surface area contributed by atoms with Crippen molar-refractivity contribution in [3.8, 4) is 0 Å². The third-order valence-corrected chi connectivity index (χ3v) is 6.25. The second kappa shape index (κ2) is 7.62. The van der Waals surface area contributed by atoms with E-state index in [1.54, 1.807) is 26.1 Å². The molecule has 0 spiro atoms. The summed E-state index contributed by atoms with van der Waals surface area (Å²) in [5, 5.41) is 3.12. The smallest absolute Gasteiger partial charge is 0.301 e. The van der Waals surface area contributed by atoms with Crippen LogP contribution in [-0.4, -0.2) is 36.4 Å². The second-order valence-corrected chi connectivity index (χ2v) is 8.85. The lowest BCUT2D eigenvalue weighted by atomic mass is 10.1. The fourth-order valence-corrected chi connectivity index (χ4v) is 3.63. The van der Waals surface area contributed by atoms with Crippen molar-refractivity contribution in [2.45, 2.75) is 6.92 Å². The van der Waals surface area contributed by atoms with E-state index in [2.05, 4.69) is 15.0 Å². The van der Waals surface area contributed by atoms with Crippen molar-refractivity contribution in [1.82, 2.24) is 13.9 Å². The monoisotopic (exact) mass is 439 g/mol. The lowest BCUT2D eigenvalue weighted by Crippen LogP contribution is -2.29. The van der Waals surface area contributed by atoms with Crippen LogP contribution in [0.15, 0.2) is 35.4 Å². The van der Waals surface area contributed by atoms with Gasteiger partial charge in [0.25, 0.3) is 5.56 Å². The average molecular weight is 440 g/mol. The molecule has 1 heterocycles. The summed E-state index contributed by atoms with van der Waals surface area (Å²) in [7, 11) is 0.467. The van der Waals surface area contributed by atoms with Crippen molar-refractivity contribution in [1.29, 1.82) is 0 Å². The summed E-state index contributed by atoms with van der Waals surface area (Å²) >= 11 is 6.28. The molecular formula is C18H19ClFN5O3S. The number of hydrogen-bond donors (Lipinski definition) is 2. The Morgan fingerprint density at radius 2 is 1.83 bits per heavy atom. The second-order valence-electron chi connectivity index (χ2n) is 6.59. The van der Waals surface area contributed by atoms with Crippen molar-refractivity contribution in [3.05, 3.63) is 57.3 Å². The zero-order valence-corrected chi connectivity index (χ0v) is 17.7. The van der Waals surface area contributed by atoms with E-state index in [-0.39, 0.29) is 22.0 Å². The van der Waals surface area contributed by atoms with Gasteiger partial charge in [0.05, 0.1) is 33.6 Å². The molecule has 0 saturated carbocycles. The minimum Gasteiger partial charge on any atom is -0.352 e. The van der Waals surface area contributed by atoms with E-state index in [9.17, 15) is 17.6 Å². The van der Waals surface area contributed by atoms with Gasteiger partial charge in [0.1, 0.15) is 5.82 Å². The third-order valence-electron chi connectivity index (χ3n) is 4.42. The highest BCUT2D eigenvalue weighted by Crippen LogP contribution is 2.36. The van der Waals surface area contributed by atoms with Crippen LogP contribution in [0.2, 0.25) is 5.02 Å². The first kappa shape index (κ1) is 21.0. The molecule has 8 nitrogen and oxygen atoms in total. The minimum atomic E-state index is -3.83. The molecule has 2 N–H and O–H groups in total. The fourth-order valence-electron chi connectivity index (χ4n) is 2.70. The number of nitrogens with zero attached hydrogens (tertiary/aromatic N) is 3. The predicted octanol–water partition coefficient (Wildman–Crippen LogP) is 3.00. The molecule has 3 aromatic rings. The largest absolute Gasteiger partial charge is 0.352 e. The van der Waals surface area contributed by atoms with Gasteiger partial charge in [-0.25, -0.2) is 9.37 Å². The maximum absolute atomic E-state index is 14.5. The van der Waals surface area contributed by atoms with Crippen molar-refractivity contribution in [2.24, 2.45) is 7.05 Å². The summed E-state index contributed by atoms with van der Waals surface area (Å²) in [5.41, 5.74) is 1.17. The molecule has 0 bridgehead atoms. The van der Waals surface area contributed by atoms with Gasteiger partial charge in [-0.05, 0) is 36.8 Å². The number of anilines is 3. The summed E-state index contributed by atoms with van der Waals surface area (Å²) in [4.78, 5) is 16.7. The Labute approximate surface area is 172 Å². The first-order valence-corrected chi connectivity index (χ1v) is 10.2. The van der Waals surface area contributed by atoms with Crippen LogP contribution in [-0.2, 0) is 17.3 Å². The normalized spacial score (nSPS) is 11.8. The molecule has 0 aliphatic heterocycles. The number of aromatic nitrogens is 2. The van der Waals surface area contributed by atoms with Gasteiger partial charge >= 0.3 is 10.2 Å². The lowest BCUT2D eigenvalue weighted by Gasteiger charge is -2.18. The van der Waals surface area contributed by atoms with Crippen molar-refractivity contribution >= 4 is 49.8 Å². The molecule has 0 saturated heterocycles. The molecule has 11 heteroatoms. The highest BCUT2D eigenvalue weighted by Gasteiger charge is 2.19. The highest BCUT2D eigenvalue weighted by atomic mass is 35.5. The van der Waals surface area contributed by atoms with Crippen molar-refractivity contribution in [3.63, 3.8) is 0 Å². The Morgan fingerprint density at radius 3 is 2.48 bits per heavy atom. The van der Waals surface area contributed by atoms with Crippen LogP contribution >= 0.6 is 11.6 Å². The zero-order chi connectivity index (χ0) is 21.5. The maximum atomic E-state index is 14.5. The molecule has 1 aromatic heterocycles. The van der Waals surface area contributed by atoms with Crippen LogP contribution in [0.3, 0.4) is 0 Å². The Balaban J connectivity index is 2.09. The molecule has 3 rings (SSSR count). The molecule has 0 aliphatic carbocycles. The summed E-state index contributed by atoms with van der Waals surface area (Å²) in [6.45, 7) is 1.71. The van der Waals surface area contributed by atoms with Gasteiger partial charge in [0, 0.05) is 26.8 Å². The van der Waals surface area contributed by atoms with Crippen molar-refractivity contribution in [2.75, 3.05) is 24.1 Å². The van der Waals surface area contributed by atoms with Crippen LogP contribution in [0.25, 0.3) is 10.9 Å². The fraction of sp³-hybridized carbons (Fsp3) is 0.222. The van der Waals surface area contributed by atoms with E-state index in [1.807, 2.05) is 0 Å². The molecule has 0 aliphatic rings. The van der Waals surface area contributed by atoms with E-state index in [1.165, 1.54) is 31.1 Å². The summed E-state index contributed by atoms with van der Waals surface area (Å²) in [6.07, 6.45) is 1.42. The van der Waals surface area contributed by atoms with E-state index in [0.29, 0.717) is 22.2 Å². The summed E-state index contributed by atoms with van der Waals surface area (Å²) in [5.74, 6) is -0.679. The highest BCUT2D eigenvalue weighted by molar-refractivity contribution is 7.90. The summed E-state index contributed by atoms with van der Waals surface area (Å²) in [6, 6.07) is 5.61. The van der Waals surface area contributed by atoms with Gasteiger partial charge in [-0.3, -0.25) is 9.52 Å². The molecule has 0 atom stereocenters. The first-order valence-electron chi connectivity index (χ1n) is 8.43. The van der Waals surface area contributed by atoms with Gasteiger partial charge < -0.3 is 9.88 Å². The number of fused-ring (bicyclic) bond motifs is 1. The van der Waals surface area contributed by atoms with Gasteiger partial charge in [0.15, 0.2) is 0 Å². The first-order chi connectivity index (χ1) is 13.5. The minimum absolute atomic E-state index is 0.0142. The van der Waals surface area contributed by atoms with Crippen molar-refractivity contribution < 1.29 is 12.8 Å². The van der Waals surface area contributed by atoms with Gasteiger partial charge in [-0.1, -0.05) is 11.6 Å². The Bertz CT molecular complexity index is 1270. The number of hydrogen-bond acceptors (Lipinski definition) is 5. The van der Waals surface area contributed by atoms with E-state index >= 15 is 0 Å².